The van der Waals surface area contributed by atoms with Crippen molar-refractivity contribution < 1.29 is 18.3 Å². The second-order valence-electron chi connectivity index (χ2n) is 5.09. The highest BCUT2D eigenvalue weighted by atomic mass is 79.9. The Kier molecular flexibility index (Phi) is 5.29. The van der Waals surface area contributed by atoms with Crippen molar-refractivity contribution in [2.45, 2.75) is 19.0 Å². The average molecular weight is 397 g/mol. The summed E-state index contributed by atoms with van der Waals surface area (Å²) < 4.78 is 24.0. The molecule has 0 amide bonds. The molecule has 1 aliphatic heterocycles. The van der Waals surface area contributed by atoms with Crippen LogP contribution in [0, 0.1) is 0 Å². The van der Waals surface area contributed by atoms with E-state index in [-0.39, 0.29) is 24.1 Å². The Bertz CT molecular complexity index is 650. The van der Waals surface area contributed by atoms with E-state index in [2.05, 4.69) is 15.9 Å². The molecule has 1 aromatic carbocycles. The van der Waals surface area contributed by atoms with Crippen LogP contribution in [0.25, 0.3) is 0 Å². The van der Waals surface area contributed by atoms with E-state index in [0.29, 0.717) is 18.0 Å². The van der Waals surface area contributed by atoms with Crippen LogP contribution in [0.5, 0.6) is 0 Å². The minimum absolute atomic E-state index is 0.00586. The molecule has 116 valence electrons. The number of benzene rings is 1. The molecule has 1 saturated heterocycles. The molecule has 1 aromatic rings. The van der Waals surface area contributed by atoms with Gasteiger partial charge in [-0.1, -0.05) is 27.5 Å². The van der Waals surface area contributed by atoms with Gasteiger partial charge in [-0.2, -0.15) is 0 Å². The molecule has 1 unspecified atom stereocenters. The zero-order valence-corrected chi connectivity index (χ0v) is 14.3. The van der Waals surface area contributed by atoms with Gasteiger partial charge in [0.25, 0.3) is 0 Å². The minimum Gasteiger partial charge on any atom is -0.480 e. The highest BCUT2D eigenvalue weighted by Gasteiger charge is 2.33. The number of carboxylic acid groups (broad SMARTS) is 1. The van der Waals surface area contributed by atoms with Crippen LogP contribution >= 0.6 is 27.5 Å². The predicted molar refractivity (Wildman–Crippen MR) is 84.3 cm³/mol. The number of halogens is 2. The van der Waals surface area contributed by atoms with Gasteiger partial charge in [-0.15, -0.1) is 0 Å². The molecule has 0 bridgehead atoms. The van der Waals surface area contributed by atoms with Crippen LogP contribution in [0.3, 0.4) is 0 Å². The summed E-state index contributed by atoms with van der Waals surface area (Å²) in [7, 11) is -3.06. The normalized spacial score (nSPS) is 20.8. The number of rotatable bonds is 5. The molecule has 1 heterocycles. The summed E-state index contributed by atoms with van der Waals surface area (Å²) in [5, 5.41) is 9.58. The monoisotopic (exact) mass is 395 g/mol. The van der Waals surface area contributed by atoms with Gasteiger partial charge in [0, 0.05) is 22.1 Å². The quantitative estimate of drug-likeness (QED) is 0.825. The fourth-order valence-electron chi connectivity index (χ4n) is 2.43. The Morgan fingerprint density at radius 1 is 1.48 bits per heavy atom. The van der Waals surface area contributed by atoms with Crippen LogP contribution in [0.2, 0.25) is 5.02 Å². The molecule has 2 rings (SSSR count). The van der Waals surface area contributed by atoms with Gasteiger partial charge in [0.2, 0.25) is 0 Å². The van der Waals surface area contributed by atoms with E-state index in [9.17, 15) is 13.2 Å². The summed E-state index contributed by atoms with van der Waals surface area (Å²) in [5.74, 6) is -0.864. The molecular formula is C13H15BrClNO4S. The van der Waals surface area contributed by atoms with E-state index >= 15 is 0 Å². The largest absolute Gasteiger partial charge is 0.480 e. The lowest BCUT2D eigenvalue weighted by molar-refractivity contribution is -0.139. The van der Waals surface area contributed by atoms with Crippen molar-refractivity contribution in [3.63, 3.8) is 0 Å². The van der Waals surface area contributed by atoms with Gasteiger partial charge >= 0.3 is 5.97 Å². The minimum atomic E-state index is -3.06. The Balaban J connectivity index is 2.20. The summed E-state index contributed by atoms with van der Waals surface area (Å²) in [6.07, 6.45) is 0.460. The van der Waals surface area contributed by atoms with Crippen LogP contribution in [-0.4, -0.2) is 48.5 Å². The molecule has 8 heteroatoms. The third-order valence-electron chi connectivity index (χ3n) is 3.44. The first-order chi connectivity index (χ1) is 9.77. The van der Waals surface area contributed by atoms with E-state index < -0.39 is 15.8 Å². The average Bonchev–Trinajstić information content (AvgIpc) is 2.73. The lowest BCUT2D eigenvalue weighted by atomic mass is 10.1. The number of hydrogen-bond acceptors (Lipinski definition) is 4. The number of sulfone groups is 1. The van der Waals surface area contributed by atoms with Gasteiger partial charge < -0.3 is 5.11 Å². The van der Waals surface area contributed by atoms with E-state index in [1.54, 1.807) is 17.0 Å². The van der Waals surface area contributed by atoms with E-state index in [1.807, 2.05) is 6.07 Å². The van der Waals surface area contributed by atoms with Crippen molar-refractivity contribution in [3.05, 3.63) is 33.3 Å². The summed E-state index contributed by atoms with van der Waals surface area (Å²) in [6, 6.07) is 5.07. The highest BCUT2D eigenvalue weighted by Crippen LogP contribution is 2.25. The van der Waals surface area contributed by atoms with E-state index in [1.165, 1.54) is 0 Å². The van der Waals surface area contributed by atoms with Crippen molar-refractivity contribution in [2.75, 3.05) is 18.1 Å². The Morgan fingerprint density at radius 3 is 2.76 bits per heavy atom. The standard InChI is InChI=1S/C13H15BrClNO4S/c14-10-1-2-12(15)9(5-10)6-16(7-13(17)18)11-3-4-21(19,20)8-11/h1-2,5,11H,3-4,6-8H2,(H,17,18). The highest BCUT2D eigenvalue weighted by molar-refractivity contribution is 9.10. The Morgan fingerprint density at radius 2 is 2.19 bits per heavy atom. The van der Waals surface area contributed by atoms with Crippen LogP contribution in [0.1, 0.15) is 12.0 Å². The molecule has 1 fully saturated rings. The molecule has 1 N–H and O–H groups in total. The van der Waals surface area contributed by atoms with E-state index in [4.69, 9.17) is 16.7 Å². The third kappa shape index (κ3) is 4.67. The smallest absolute Gasteiger partial charge is 0.317 e. The molecule has 0 aromatic heterocycles. The number of carboxylic acids is 1. The van der Waals surface area contributed by atoms with E-state index in [0.717, 1.165) is 10.0 Å². The number of nitrogens with zero attached hydrogens (tertiary/aromatic N) is 1. The van der Waals surface area contributed by atoms with Gasteiger partial charge in [0.15, 0.2) is 9.84 Å². The molecule has 0 aliphatic carbocycles. The van der Waals surface area contributed by atoms with Crippen LogP contribution in [-0.2, 0) is 21.2 Å². The Hall–Kier alpha value is -0.630. The number of hydrogen-bond donors (Lipinski definition) is 1. The van der Waals surface area contributed by atoms with Crippen molar-refractivity contribution in [2.24, 2.45) is 0 Å². The maximum atomic E-state index is 11.6. The molecule has 1 aliphatic rings. The molecule has 1 atom stereocenters. The molecule has 21 heavy (non-hydrogen) atoms. The van der Waals surface area contributed by atoms with Crippen molar-refractivity contribution in [3.8, 4) is 0 Å². The van der Waals surface area contributed by atoms with Gasteiger partial charge in [0.1, 0.15) is 0 Å². The van der Waals surface area contributed by atoms with Gasteiger partial charge in [-0.3, -0.25) is 9.69 Å². The fraction of sp³-hybridized carbons (Fsp3) is 0.462. The van der Waals surface area contributed by atoms with Crippen LogP contribution < -0.4 is 0 Å². The van der Waals surface area contributed by atoms with Gasteiger partial charge in [0.05, 0.1) is 18.1 Å². The molecule has 5 nitrogen and oxygen atoms in total. The number of aliphatic carboxylic acids is 1. The van der Waals surface area contributed by atoms with Crippen molar-refractivity contribution >= 4 is 43.3 Å². The maximum Gasteiger partial charge on any atom is 0.317 e. The molecular weight excluding hydrogens is 382 g/mol. The zero-order chi connectivity index (χ0) is 15.6. The summed E-state index contributed by atoms with van der Waals surface area (Å²) in [6.45, 7) is 0.105. The second kappa shape index (κ2) is 6.64. The van der Waals surface area contributed by atoms with Crippen LogP contribution in [0.15, 0.2) is 22.7 Å². The summed E-state index contributed by atoms with van der Waals surface area (Å²) in [5.41, 5.74) is 0.775. The van der Waals surface area contributed by atoms with Crippen molar-refractivity contribution in [1.82, 2.24) is 4.90 Å². The van der Waals surface area contributed by atoms with Crippen molar-refractivity contribution in [1.29, 1.82) is 0 Å². The number of carbonyl (C=O) groups is 1. The first-order valence-electron chi connectivity index (χ1n) is 6.37. The predicted octanol–water partition coefficient (Wildman–Crippen LogP) is 2.18. The fourth-order valence-corrected chi connectivity index (χ4v) is 4.78. The lowest BCUT2D eigenvalue weighted by Gasteiger charge is -2.26. The maximum absolute atomic E-state index is 11.6. The first-order valence-corrected chi connectivity index (χ1v) is 9.36. The topological polar surface area (TPSA) is 74.7 Å². The summed E-state index contributed by atoms with van der Waals surface area (Å²) >= 11 is 9.48. The first kappa shape index (κ1) is 16.7. The van der Waals surface area contributed by atoms with Gasteiger partial charge in [-0.05, 0) is 30.2 Å². The SMILES string of the molecule is O=C(O)CN(Cc1cc(Br)ccc1Cl)C1CCS(=O)(=O)C1. The van der Waals surface area contributed by atoms with Gasteiger partial charge in [-0.25, -0.2) is 8.42 Å². The second-order valence-corrected chi connectivity index (χ2v) is 8.64. The third-order valence-corrected chi connectivity index (χ3v) is 6.06. The van der Waals surface area contributed by atoms with Crippen LogP contribution in [0.4, 0.5) is 0 Å². The lowest BCUT2D eigenvalue weighted by Crippen LogP contribution is -2.39. The Labute approximate surface area is 136 Å². The molecule has 0 radical (unpaired) electrons. The molecule has 0 spiro atoms. The molecule has 0 saturated carbocycles. The summed E-state index contributed by atoms with van der Waals surface area (Å²) in [4.78, 5) is 12.7. The zero-order valence-electron chi connectivity index (χ0n) is 11.1.